The van der Waals surface area contributed by atoms with Crippen LogP contribution in [0.1, 0.15) is 16.8 Å². The molecule has 4 rings (SSSR count). The van der Waals surface area contributed by atoms with Gasteiger partial charge >= 0.3 is 5.69 Å². The van der Waals surface area contributed by atoms with Crippen molar-refractivity contribution in [2.24, 2.45) is 7.05 Å². The molecule has 0 radical (unpaired) electrons. The lowest BCUT2D eigenvalue weighted by molar-refractivity contribution is 0.485. The summed E-state index contributed by atoms with van der Waals surface area (Å²) in [5.74, 6) is 0. The lowest BCUT2D eigenvalue weighted by atomic mass is 10.1. The van der Waals surface area contributed by atoms with Gasteiger partial charge in [0, 0.05) is 12.7 Å². The maximum Gasteiger partial charge on any atom is 0.335 e. The van der Waals surface area contributed by atoms with Gasteiger partial charge in [-0.2, -0.15) is 10.4 Å². The summed E-state index contributed by atoms with van der Waals surface area (Å²) in [5, 5.41) is 13.4. The van der Waals surface area contributed by atoms with E-state index in [2.05, 4.69) is 27.1 Å². The fourth-order valence-corrected chi connectivity index (χ4v) is 4.05. The van der Waals surface area contributed by atoms with Crippen LogP contribution >= 0.6 is 15.9 Å². The monoisotopic (exact) mass is 493 g/mol. The molecule has 0 fully saturated rings. The number of halogens is 2. The molecule has 2 aromatic heterocycles. The smallest absolute Gasteiger partial charge is 0.268 e. The van der Waals surface area contributed by atoms with Gasteiger partial charge in [-0.3, -0.25) is 13.9 Å². The second kappa shape index (κ2) is 8.40. The Balaban J connectivity index is 2.03. The minimum atomic E-state index is -0.669. The first-order valence-electron chi connectivity index (χ1n) is 9.59. The van der Waals surface area contributed by atoms with E-state index in [1.54, 1.807) is 66.3 Å². The Morgan fingerprint density at radius 2 is 1.84 bits per heavy atom. The molecule has 0 bridgehead atoms. The van der Waals surface area contributed by atoms with Crippen molar-refractivity contribution in [2.45, 2.75) is 13.6 Å². The number of alkyl halides is 1. The molecule has 0 unspecified atom stereocenters. The molecule has 160 valence electrons. The molecule has 0 spiro atoms. The fourth-order valence-electron chi connectivity index (χ4n) is 3.60. The molecular formula is C23H17BrFN5O2. The van der Waals surface area contributed by atoms with E-state index in [9.17, 15) is 14.0 Å². The number of nitrogens with zero attached hydrogens (tertiary/aromatic N) is 5. The van der Waals surface area contributed by atoms with Gasteiger partial charge in [-0.15, -0.1) is 0 Å². The maximum atomic E-state index is 13.2. The zero-order chi connectivity index (χ0) is 23.0. The number of benzene rings is 2. The van der Waals surface area contributed by atoms with Crippen molar-refractivity contribution < 1.29 is 4.39 Å². The summed E-state index contributed by atoms with van der Waals surface area (Å²) in [6.45, 7) is 1.00. The van der Waals surface area contributed by atoms with Crippen molar-refractivity contribution in [1.29, 1.82) is 5.26 Å². The van der Waals surface area contributed by atoms with Crippen LogP contribution < -0.4 is 11.2 Å². The molecule has 32 heavy (non-hydrogen) atoms. The maximum absolute atomic E-state index is 13.2. The van der Waals surface area contributed by atoms with Gasteiger partial charge in [0.2, 0.25) is 0 Å². The van der Waals surface area contributed by atoms with Crippen LogP contribution in [0.5, 0.6) is 0 Å². The van der Waals surface area contributed by atoms with Gasteiger partial charge in [0.05, 0.1) is 44.9 Å². The zero-order valence-corrected chi connectivity index (χ0v) is 18.8. The normalized spacial score (nSPS) is 10.8. The summed E-state index contributed by atoms with van der Waals surface area (Å²) in [6, 6.07) is 15.4. The third-order valence-electron chi connectivity index (χ3n) is 5.22. The van der Waals surface area contributed by atoms with Crippen LogP contribution in [0.2, 0.25) is 0 Å². The first-order valence-corrected chi connectivity index (χ1v) is 10.4. The highest BCUT2D eigenvalue weighted by molar-refractivity contribution is 9.10. The van der Waals surface area contributed by atoms with Crippen LogP contribution in [0.3, 0.4) is 0 Å². The molecule has 2 heterocycles. The van der Waals surface area contributed by atoms with Gasteiger partial charge in [0.1, 0.15) is 6.67 Å². The first kappa shape index (κ1) is 21.5. The number of hydrogen-bond acceptors (Lipinski definition) is 4. The Kier molecular flexibility index (Phi) is 5.63. The SMILES string of the molecule is Cc1c(-c2c(Br)cnn2-c2ccc(C#N)cc2)c(=O)n(C)c(=O)n1-c1cccc(CF)c1. The quantitative estimate of drug-likeness (QED) is 0.432. The first-order chi connectivity index (χ1) is 15.4. The molecule has 0 aliphatic rings. The summed E-state index contributed by atoms with van der Waals surface area (Å²) in [6.07, 6.45) is 1.56. The number of aromatic nitrogens is 4. The van der Waals surface area contributed by atoms with E-state index in [4.69, 9.17) is 5.26 Å². The molecule has 0 N–H and O–H groups in total. The molecule has 7 nitrogen and oxygen atoms in total. The van der Waals surface area contributed by atoms with E-state index >= 15 is 0 Å². The molecule has 2 aromatic carbocycles. The topological polar surface area (TPSA) is 85.6 Å². The second-order valence-electron chi connectivity index (χ2n) is 7.16. The van der Waals surface area contributed by atoms with E-state index in [0.717, 1.165) is 4.57 Å². The second-order valence-corrected chi connectivity index (χ2v) is 8.01. The molecule has 4 aromatic rings. The van der Waals surface area contributed by atoms with Crippen LogP contribution in [0.25, 0.3) is 22.6 Å². The Hall–Kier alpha value is -3.77. The summed E-state index contributed by atoms with van der Waals surface area (Å²) < 4.78 is 17.8. The van der Waals surface area contributed by atoms with Gasteiger partial charge < -0.3 is 0 Å². The predicted molar refractivity (Wildman–Crippen MR) is 122 cm³/mol. The van der Waals surface area contributed by atoms with Crippen molar-refractivity contribution in [1.82, 2.24) is 18.9 Å². The molecule has 0 saturated carbocycles. The van der Waals surface area contributed by atoms with Crippen LogP contribution in [0.15, 0.2) is 68.8 Å². The molecule has 9 heteroatoms. The standard InChI is InChI=1S/C23H17BrFN5O2/c1-14-20(21-19(24)13-27-30(21)17-8-6-15(12-26)7-9-17)22(31)28(2)23(32)29(14)18-5-3-4-16(10-18)11-25/h3-10,13H,11H2,1-2H3. The van der Waals surface area contributed by atoms with Crippen molar-refractivity contribution in [3.8, 4) is 28.7 Å². The highest BCUT2D eigenvalue weighted by Gasteiger charge is 2.23. The summed E-state index contributed by atoms with van der Waals surface area (Å²) in [4.78, 5) is 26.2. The highest BCUT2D eigenvalue weighted by Crippen LogP contribution is 2.31. The third kappa shape index (κ3) is 3.48. The number of hydrogen-bond donors (Lipinski definition) is 0. The number of nitriles is 1. The van der Waals surface area contributed by atoms with Crippen LogP contribution in [0, 0.1) is 18.3 Å². The summed E-state index contributed by atoms with van der Waals surface area (Å²) in [5.41, 5.74) is 2.13. The Labute approximate surface area is 190 Å². The van der Waals surface area contributed by atoms with Crippen LogP contribution in [-0.4, -0.2) is 18.9 Å². The Bertz CT molecular complexity index is 1490. The third-order valence-corrected chi connectivity index (χ3v) is 5.80. The van der Waals surface area contributed by atoms with E-state index in [-0.39, 0.29) is 5.56 Å². The molecular weight excluding hydrogens is 477 g/mol. The molecule has 0 atom stereocenters. The average molecular weight is 494 g/mol. The van der Waals surface area contributed by atoms with Gasteiger partial charge in [0.15, 0.2) is 0 Å². The Morgan fingerprint density at radius 1 is 1.12 bits per heavy atom. The summed E-state index contributed by atoms with van der Waals surface area (Å²) in [7, 11) is 1.40. The largest absolute Gasteiger partial charge is 0.335 e. The number of rotatable bonds is 4. The van der Waals surface area contributed by atoms with Gasteiger partial charge in [-0.05, 0) is 64.8 Å². The van der Waals surface area contributed by atoms with E-state index in [1.165, 1.54) is 11.6 Å². The summed E-state index contributed by atoms with van der Waals surface area (Å²) >= 11 is 3.47. The van der Waals surface area contributed by atoms with Crippen LogP contribution in [-0.2, 0) is 13.7 Å². The minimum absolute atomic E-state index is 0.270. The molecule has 0 aliphatic carbocycles. The zero-order valence-electron chi connectivity index (χ0n) is 17.2. The van der Waals surface area contributed by atoms with Crippen LogP contribution in [0.4, 0.5) is 4.39 Å². The lowest BCUT2D eigenvalue weighted by Gasteiger charge is -2.17. The molecule has 0 aliphatic heterocycles. The van der Waals surface area contributed by atoms with E-state index in [1.807, 2.05) is 0 Å². The average Bonchev–Trinajstić information content (AvgIpc) is 3.19. The molecule has 0 saturated heterocycles. The van der Waals surface area contributed by atoms with Crippen molar-refractivity contribution >= 4 is 15.9 Å². The molecule has 0 amide bonds. The Morgan fingerprint density at radius 3 is 2.50 bits per heavy atom. The van der Waals surface area contributed by atoms with Crippen molar-refractivity contribution in [3.05, 3.63) is 96.9 Å². The minimum Gasteiger partial charge on any atom is -0.268 e. The fraction of sp³-hybridized carbons (Fsp3) is 0.130. The van der Waals surface area contributed by atoms with E-state index < -0.39 is 17.9 Å². The van der Waals surface area contributed by atoms with Gasteiger partial charge in [-0.1, -0.05) is 12.1 Å². The van der Waals surface area contributed by atoms with Gasteiger partial charge in [-0.25, -0.2) is 13.9 Å². The predicted octanol–water partition coefficient (Wildman–Crippen LogP) is 3.80. The van der Waals surface area contributed by atoms with E-state index in [0.29, 0.717) is 38.4 Å². The van der Waals surface area contributed by atoms with Crippen molar-refractivity contribution in [2.75, 3.05) is 0 Å². The lowest BCUT2D eigenvalue weighted by Crippen LogP contribution is -2.40. The highest BCUT2D eigenvalue weighted by atomic mass is 79.9. The van der Waals surface area contributed by atoms with Crippen molar-refractivity contribution in [3.63, 3.8) is 0 Å². The van der Waals surface area contributed by atoms with Gasteiger partial charge in [0.25, 0.3) is 5.56 Å².